The van der Waals surface area contributed by atoms with Crippen molar-refractivity contribution in [3.8, 4) is 5.75 Å². The number of nitrogens with one attached hydrogen (secondary N) is 1. The summed E-state index contributed by atoms with van der Waals surface area (Å²) in [5, 5.41) is 11.2. The lowest BCUT2D eigenvalue weighted by Crippen LogP contribution is -2.54. The summed E-state index contributed by atoms with van der Waals surface area (Å²) in [6, 6.07) is 17.1. The highest BCUT2D eigenvalue weighted by molar-refractivity contribution is 14.1. The number of carboxylic acids is 1. The molecular weight excluding hydrogens is 586 g/mol. The van der Waals surface area contributed by atoms with Crippen LogP contribution in [0, 0.1) is 9.39 Å². The molecule has 0 unspecified atom stereocenters. The molecule has 7 nitrogen and oxygen atoms in total. The first kappa shape index (κ1) is 24.5. The fourth-order valence-electron chi connectivity index (χ4n) is 3.30. The van der Waals surface area contributed by atoms with Crippen LogP contribution in [0.5, 0.6) is 5.75 Å². The molecule has 0 aromatic heterocycles. The van der Waals surface area contributed by atoms with Crippen LogP contribution in [0.25, 0.3) is 6.08 Å². The van der Waals surface area contributed by atoms with E-state index in [2.05, 4.69) is 27.9 Å². The Morgan fingerprint density at radius 2 is 1.83 bits per heavy atom. The van der Waals surface area contributed by atoms with Crippen molar-refractivity contribution in [1.82, 2.24) is 5.32 Å². The van der Waals surface area contributed by atoms with Crippen molar-refractivity contribution in [2.24, 2.45) is 0 Å². The first-order valence-electron chi connectivity index (χ1n) is 10.1. The third-order valence-electron chi connectivity index (χ3n) is 5.06. The van der Waals surface area contributed by atoms with Crippen LogP contribution in [0.1, 0.15) is 21.5 Å². The minimum atomic E-state index is -0.999. The van der Waals surface area contributed by atoms with Crippen molar-refractivity contribution in [1.29, 1.82) is 0 Å². The van der Waals surface area contributed by atoms with Gasteiger partial charge in [-0.1, -0.05) is 30.3 Å². The number of benzene rings is 3. The summed E-state index contributed by atoms with van der Waals surface area (Å²) in [6.45, 7) is 0.228. The Balaban J connectivity index is 1.53. The van der Waals surface area contributed by atoms with Crippen molar-refractivity contribution in [3.63, 3.8) is 0 Å². The van der Waals surface area contributed by atoms with Crippen LogP contribution >= 0.6 is 34.8 Å². The number of aromatic carboxylic acids is 1. The summed E-state index contributed by atoms with van der Waals surface area (Å²) in [5.74, 6) is -2.48. The highest BCUT2D eigenvalue weighted by Gasteiger charge is 2.35. The average Bonchev–Trinajstić information content (AvgIpc) is 2.82. The second-order valence-electron chi connectivity index (χ2n) is 7.39. The molecule has 35 heavy (non-hydrogen) atoms. The Bertz CT molecular complexity index is 1390. The van der Waals surface area contributed by atoms with Crippen LogP contribution in [0.15, 0.2) is 72.3 Å². The highest BCUT2D eigenvalue weighted by Crippen LogP contribution is 2.27. The standard InChI is InChI=1S/C25H16FIN2O5S/c26-18-3-1-2-4-20(18)29-23(31)17(22(30)28-25(29)35)11-15-7-10-21(19(27)12-15)34-13-14-5-8-16(9-6-14)24(32)33/h1-12H,13H2,(H,32,33)(H,28,30,35)/b17-11+. The van der Waals surface area contributed by atoms with Crippen LogP contribution in [0.3, 0.4) is 0 Å². The van der Waals surface area contributed by atoms with E-state index in [1.54, 1.807) is 36.4 Å². The Morgan fingerprint density at radius 1 is 1.11 bits per heavy atom. The van der Waals surface area contributed by atoms with Gasteiger partial charge in [0.1, 0.15) is 23.7 Å². The first-order chi connectivity index (χ1) is 16.7. The van der Waals surface area contributed by atoms with E-state index in [0.717, 1.165) is 14.0 Å². The maximum Gasteiger partial charge on any atom is 0.335 e. The van der Waals surface area contributed by atoms with Crippen molar-refractivity contribution in [2.75, 3.05) is 4.90 Å². The first-order valence-corrected chi connectivity index (χ1v) is 11.6. The van der Waals surface area contributed by atoms with E-state index in [9.17, 15) is 18.8 Å². The third-order valence-corrected chi connectivity index (χ3v) is 6.18. The van der Waals surface area contributed by atoms with Gasteiger partial charge in [0.15, 0.2) is 5.11 Å². The molecule has 0 saturated carbocycles. The topological polar surface area (TPSA) is 95.9 Å². The Kier molecular flexibility index (Phi) is 7.22. The molecule has 0 atom stereocenters. The molecule has 2 N–H and O–H groups in total. The van der Waals surface area contributed by atoms with Crippen LogP contribution in [0.2, 0.25) is 0 Å². The molecule has 1 aliphatic rings. The fraction of sp³-hybridized carbons (Fsp3) is 0.0400. The summed E-state index contributed by atoms with van der Waals surface area (Å²) in [6.07, 6.45) is 1.41. The Labute approximate surface area is 218 Å². The number of amides is 2. The number of hydrogen-bond donors (Lipinski definition) is 2. The molecule has 1 heterocycles. The molecule has 3 aromatic rings. The quantitative estimate of drug-likeness (QED) is 0.186. The number of para-hydroxylation sites is 1. The molecule has 0 spiro atoms. The lowest BCUT2D eigenvalue weighted by atomic mass is 10.1. The summed E-state index contributed by atoms with van der Waals surface area (Å²) in [7, 11) is 0. The summed E-state index contributed by atoms with van der Waals surface area (Å²) in [5.41, 5.74) is 1.31. The van der Waals surface area contributed by atoms with Crippen LogP contribution in [-0.2, 0) is 16.2 Å². The Hall–Kier alpha value is -3.64. The van der Waals surface area contributed by atoms with Gasteiger partial charge in [-0.3, -0.25) is 14.9 Å². The zero-order valence-corrected chi connectivity index (χ0v) is 20.8. The number of carboxylic acid groups (broad SMARTS) is 1. The van der Waals surface area contributed by atoms with Gasteiger partial charge >= 0.3 is 5.97 Å². The highest BCUT2D eigenvalue weighted by atomic mass is 127. The lowest BCUT2D eigenvalue weighted by Gasteiger charge is -2.29. The van der Waals surface area contributed by atoms with Gasteiger partial charge in [0.2, 0.25) is 0 Å². The number of halogens is 2. The lowest BCUT2D eigenvalue weighted by molar-refractivity contribution is -0.122. The van der Waals surface area contributed by atoms with Crippen molar-refractivity contribution >= 4 is 69.5 Å². The molecule has 0 aliphatic carbocycles. The van der Waals surface area contributed by atoms with Crippen LogP contribution in [-0.4, -0.2) is 28.0 Å². The van der Waals surface area contributed by atoms with E-state index in [1.807, 2.05) is 0 Å². The molecule has 4 rings (SSSR count). The number of carbonyl (C=O) groups is 3. The summed E-state index contributed by atoms with van der Waals surface area (Å²) < 4.78 is 20.8. The molecule has 0 bridgehead atoms. The molecule has 3 aromatic carbocycles. The van der Waals surface area contributed by atoms with E-state index in [4.69, 9.17) is 22.1 Å². The maximum absolute atomic E-state index is 14.3. The number of anilines is 1. The van der Waals surface area contributed by atoms with Crippen LogP contribution in [0.4, 0.5) is 10.1 Å². The minimum absolute atomic E-state index is 0.0527. The van der Waals surface area contributed by atoms with Gasteiger partial charge in [-0.25, -0.2) is 14.1 Å². The van der Waals surface area contributed by atoms with Gasteiger partial charge < -0.3 is 9.84 Å². The van der Waals surface area contributed by atoms with E-state index < -0.39 is 23.6 Å². The summed E-state index contributed by atoms with van der Waals surface area (Å²) in [4.78, 5) is 37.5. The summed E-state index contributed by atoms with van der Waals surface area (Å²) >= 11 is 7.17. The largest absolute Gasteiger partial charge is 0.488 e. The van der Waals surface area contributed by atoms with Crippen molar-refractivity contribution in [2.45, 2.75) is 6.61 Å². The normalized spacial score (nSPS) is 14.7. The molecule has 1 saturated heterocycles. The molecule has 176 valence electrons. The van der Waals surface area contributed by atoms with Crippen molar-refractivity contribution < 1.29 is 28.6 Å². The molecular formula is C25H16FIN2O5S. The van der Waals surface area contributed by atoms with E-state index in [0.29, 0.717) is 11.3 Å². The van der Waals surface area contributed by atoms with Gasteiger partial charge in [0.05, 0.1) is 14.8 Å². The number of ether oxygens (including phenoxy) is 1. The zero-order chi connectivity index (χ0) is 25.1. The molecule has 2 amide bonds. The minimum Gasteiger partial charge on any atom is -0.488 e. The molecule has 1 fully saturated rings. The SMILES string of the molecule is O=C1NC(=S)N(c2ccccc2F)C(=O)/C1=C/c1ccc(OCc2ccc(C(=O)O)cc2)c(I)c1. The Morgan fingerprint density at radius 3 is 2.49 bits per heavy atom. The number of rotatable bonds is 6. The number of nitrogens with zero attached hydrogens (tertiary/aromatic N) is 1. The van der Waals surface area contributed by atoms with Gasteiger partial charge in [-0.05, 0) is 88.4 Å². The molecule has 1 aliphatic heterocycles. The van der Waals surface area contributed by atoms with E-state index >= 15 is 0 Å². The number of carbonyl (C=O) groups excluding carboxylic acids is 2. The van der Waals surface area contributed by atoms with Gasteiger partial charge in [-0.2, -0.15) is 0 Å². The number of hydrogen-bond acceptors (Lipinski definition) is 5. The average molecular weight is 602 g/mol. The van der Waals surface area contributed by atoms with Crippen LogP contribution < -0.4 is 15.0 Å². The monoisotopic (exact) mass is 602 g/mol. The van der Waals surface area contributed by atoms with Crippen molar-refractivity contribution in [3.05, 3.63) is 98.4 Å². The second kappa shape index (κ2) is 10.3. The molecule has 10 heteroatoms. The fourth-order valence-corrected chi connectivity index (χ4v) is 4.27. The smallest absolute Gasteiger partial charge is 0.335 e. The van der Waals surface area contributed by atoms with Gasteiger partial charge in [0, 0.05) is 0 Å². The van der Waals surface area contributed by atoms with E-state index in [1.165, 1.54) is 36.4 Å². The number of thiocarbonyl (C=S) groups is 1. The third kappa shape index (κ3) is 5.38. The molecule has 0 radical (unpaired) electrons. The second-order valence-corrected chi connectivity index (χ2v) is 8.94. The maximum atomic E-state index is 14.3. The zero-order valence-electron chi connectivity index (χ0n) is 17.8. The predicted molar refractivity (Wildman–Crippen MR) is 139 cm³/mol. The van der Waals surface area contributed by atoms with Gasteiger partial charge in [-0.15, -0.1) is 0 Å². The van der Waals surface area contributed by atoms with Gasteiger partial charge in [0.25, 0.3) is 11.8 Å². The van der Waals surface area contributed by atoms with E-state index in [-0.39, 0.29) is 28.5 Å². The predicted octanol–water partition coefficient (Wildman–Crippen LogP) is 4.54.